The summed E-state index contributed by atoms with van der Waals surface area (Å²) in [6, 6.07) is 0. The maximum Gasteiger partial charge on any atom is 0.460 e. The summed E-state index contributed by atoms with van der Waals surface area (Å²) in [7, 11) is -6.63. The Labute approximate surface area is 137 Å². The lowest BCUT2D eigenvalue weighted by atomic mass is 10.1. The first kappa shape index (κ1) is 24.2. The van der Waals surface area contributed by atoms with Gasteiger partial charge in [-0.05, 0) is 6.42 Å². The zero-order valence-corrected chi connectivity index (χ0v) is 13.6. The molecule has 0 saturated heterocycles. The number of alkyl halides is 9. The normalized spacial score (nSPS) is 15.0. The molecule has 0 spiro atoms. The third kappa shape index (κ3) is 4.32. The van der Waals surface area contributed by atoms with E-state index in [1.807, 2.05) is 0 Å². The molecule has 0 heterocycles. The fourth-order valence-electron chi connectivity index (χ4n) is 1.69. The van der Waals surface area contributed by atoms with Crippen LogP contribution in [-0.4, -0.2) is 60.8 Å². The van der Waals surface area contributed by atoms with E-state index in [2.05, 4.69) is 0 Å². The second-order valence-electron chi connectivity index (χ2n) is 5.00. The molecule has 0 atom stereocenters. The lowest BCUT2D eigenvalue weighted by molar-refractivity contribution is -0.382. The van der Waals surface area contributed by atoms with E-state index in [0.717, 1.165) is 0 Å². The van der Waals surface area contributed by atoms with Crippen molar-refractivity contribution in [3.05, 3.63) is 0 Å². The van der Waals surface area contributed by atoms with Gasteiger partial charge >= 0.3 is 23.3 Å². The van der Waals surface area contributed by atoms with Crippen LogP contribution in [0.15, 0.2) is 0 Å². The van der Waals surface area contributed by atoms with E-state index >= 15 is 0 Å². The number of sulfonamides is 1. The Morgan fingerprint density at radius 2 is 1.32 bits per heavy atom. The summed E-state index contributed by atoms with van der Waals surface area (Å²) in [4.78, 5) is 0. The smallest absolute Gasteiger partial charge is 0.395 e. The summed E-state index contributed by atoms with van der Waals surface area (Å²) < 4.78 is 138. The maximum atomic E-state index is 13.6. The van der Waals surface area contributed by atoms with Crippen molar-refractivity contribution in [3.63, 3.8) is 0 Å². The van der Waals surface area contributed by atoms with Gasteiger partial charge in [0.15, 0.2) is 0 Å². The van der Waals surface area contributed by atoms with Crippen LogP contribution in [-0.2, 0) is 10.0 Å². The second-order valence-corrected chi connectivity index (χ2v) is 6.98. The maximum absolute atomic E-state index is 13.6. The van der Waals surface area contributed by atoms with Gasteiger partial charge in [-0.2, -0.15) is 43.8 Å². The van der Waals surface area contributed by atoms with Crippen LogP contribution in [0.1, 0.15) is 26.2 Å². The predicted octanol–water partition coefficient (Wildman–Crippen LogP) is 3.23. The van der Waals surface area contributed by atoms with Gasteiger partial charge in [-0.15, -0.1) is 0 Å². The highest BCUT2D eigenvalue weighted by molar-refractivity contribution is 7.90. The summed E-state index contributed by atoms with van der Waals surface area (Å²) in [6.07, 6.45) is -6.60. The van der Waals surface area contributed by atoms with Crippen LogP contribution in [0.25, 0.3) is 0 Å². The number of hydrogen-bond acceptors (Lipinski definition) is 3. The van der Waals surface area contributed by atoms with E-state index in [0.29, 0.717) is 6.42 Å². The lowest BCUT2D eigenvalue weighted by Crippen LogP contribution is -2.65. The average molecular weight is 413 g/mol. The van der Waals surface area contributed by atoms with Gasteiger partial charge in [0.2, 0.25) is 0 Å². The highest BCUT2D eigenvalue weighted by Gasteiger charge is 2.85. The minimum Gasteiger partial charge on any atom is -0.395 e. The van der Waals surface area contributed by atoms with Crippen molar-refractivity contribution in [1.82, 2.24) is 4.31 Å². The minimum atomic E-state index is -7.30. The summed E-state index contributed by atoms with van der Waals surface area (Å²) in [5.41, 5.74) is 0. The molecule has 0 amide bonds. The molecular formula is C11H16F9NO3S. The van der Waals surface area contributed by atoms with E-state index in [-0.39, 0.29) is 12.8 Å². The molecule has 0 unspecified atom stereocenters. The van der Waals surface area contributed by atoms with E-state index in [1.165, 1.54) is 0 Å². The monoisotopic (exact) mass is 413 g/mol. The number of nitrogens with zero attached hydrogens (tertiary/aromatic N) is 1. The molecule has 0 radical (unpaired) electrons. The predicted molar refractivity (Wildman–Crippen MR) is 68.0 cm³/mol. The Bertz CT molecular complexity index is 533. The van der Waals surface area contributed by atoms with E-state index in [9.17, 15) is 47.9 Å². The molecule has 0 saturated carbocycles. The molecule has 0 fully saturated rings. The molecule has 0 aliphatic heterocycles. The van der Waals surface area contributed by atoms with Crippen LogP contribution in [0.5, 0.6) is 0 Å². The van der Waals surface area contributed by atoms with Crippen LogP contribution in [0.3, 0.4) is 0 Å². The van der Waals surface area contributed by atoms with Crippen LogP contribution in [0.2, 0.25) is 0 Å². The third-order valence-corrected chi connectivity index (χ3v) is 5.09. The first-order valence-electron chi connectivity index (χ1n) is 6.83. The Kier molecular flexibility index (Phi) is 7.62. The van der Waals surface area contributed by atoms with E-state index in [1.54, 1.807) is 6.92 Å². The van der Waals surface area contributed by atoms with Crippen molar-refractivity contribution >= 4 is 10.0 Å². The second kappa shape index (κ2) is 7.86. The van der Waals surface area contributed by atoms with Gasteiger partial charge in [-0.3, -0.25) is 0 Å². The molecule has 0 aromatic carbocycles. The van der Waals surface area contributed by atoms with Gasteiger partial charge in [0, 0.05) is 13.1 Å². The van der Waals surface area contributed by atoms with Crippen LogP contribution in [0, 0.1) is 0 Å². The molecule has 4 nitrogen and oxygen atoms in total. The molecule has 0 aromatic heterocycles. The van der Waals surface area contributed by atoms with E-state index in [4.69, 9.17) is 5.11 Å². The molecule has 0 rings (SSSR count). The zero-order valence-electron chi connectivity index (χ0n) is 12.8. The standard InChI is InChI=1S/C11H16F9NO3S/c1-2-3-4-5-21(6-7-22)25(23,24)11(19,20)9(14,15)8(12,13)10(16,17)18/h22H,2-7H2,1H3. The van der Waals surface area contributed by atoms with Gasteiger partial charge in [0.25, 0.3) is 10.0 Å². The van der Waals surface area contributed by atoms with Gasteiger partial charge < -0.3 is 5.11 Å². The summed E-state index contributed by atoms with van der Waals surface area (Å²) in [6.45, 7) is -1.56. The van der Waals surface area contributed by atoms with Gasteiger partial charge in [0.1, 0.15) is 0 Å². The molecule has 152 valence electrons. The molecule has 0 bridgehead atoms. The molecule has 0 aliphatic carbocycles. The van der Waals surface area contributed by atoms with Gasteiger partial charge in [0.05, 0.1) is 6.61 Å². The van der Waals surface area contributed by atoms with Gasteiger partial charge in [-0.25, -0.2) is 8.42 Å². The van der Waals surface area contributed by atoms with Crippen molar-refractivity contribution in [1.29, 1.82) is 0 Å². The number of unbranched alkanes of at least 4 members (excludes halogenated alkanes) is 2. The lowest BCUT2D eigenvalue weighted by Gasteiger charge is -2.35. The van der Waals surface area contributed by atoms with Crippen molar-refractivity contribution in [2.75, 3.05) is 19.7 Å². The Balaban J connectivity index is 5.98. The molecular weight excluding hydrogens is 397 g/mol. The quantitative estimate of drug-likeness (QED) is 0.442. The summed E-state index contributed by atoms with van der Waals surface area (Å²) >= 11 is 0. The number of hydrogen-bond donors (Lipinski definition) is 1. The Morgan fingerprint density at radius 3 is 1.68 bits per heavy atom. The molecule has 0 aromatic rings. The van der Waals surface area contributed by atoms with Crippen LogP contribution >= 0.6 is 0 Å². The Morgan fingerprint density at radius 1 is 0.840 bits per heavy atom. The number of aliphatic hydroxyl groups is 1. The van der Waals surface area contributed by atoms with Crippen molar-refractivity contribution in [2.24, 2.45) is 0 Å². The summed E-state index contributed by atoms with van der Waals surface area (Å²) in [5, 5.41) is 1.88. The van der Waals surface area contributed by atoms with E-state index < -0.39 is 57.3 Å². The molecule has 25 heavy (non-hydrogen) atoms. The zero-order chi connectivity index (χ0) is 20.3. The Hall–Kier alpha value is -0.760. The van der Waals surface area contributed by atoms with Crippen molar-refractivity contribution < 1.29 is 53.0 Å². The minimum absolute atomic E-state index is 0.160. The first-order chi connectivity index (χ1) is 11.0. The van der Waals surface area contributed by atoms with Crippen molar-refractivity contribution in [3.8, 4) is 0 Å². The van der Waals surface area contributed by atoms with Gasteiger partial charge in [-0.1, -0.05) is 19.8 Å². The first-order valence-corrected chi connectivity index (χ1v) is 8.27. The van der Waals surface area contributed by atoms with Crippen LogP contribution < -0.4 is 0 Å². The molecule has 14 heteroatoms. The highest BCUT2D eigenvalue weighted by Crippen LogP contribution is 2.55. The highest BCUT2D eigenvalue weighted by atomic mass is 32.2. The van der Waals surface area contributed by atoms with Crippen molar-refractivity contribution in [2.45, 2.75) is 49.5 Å². The van der Waals surface area contributed by atoms with Crippen LogP contribution in [0.4, 0.5) is 39.5 Å². The summed E-state index contributed by atoms with van der Waals surface area (Å²) in [5.74, 6) is -14.6. The average Bonchev–Trinajstić information content (AvgIpc) is 2.44. The topological polar surface area (TPSA) is 57.6 Å². The number of aliphatic hydroxyl groups excluding tert-OH is 1. The third-order valence-electron chi connectivity index (χ3n) is 3.14. The molecule has 0 aliphatic rings. The largest absolute Gasteiger partial charge is 0.460 e. The number of rotatable bonds is 10. The number of halogens is 9. The fraction of sp³-hybridized carbons (Fsp3) is 1.00. The molecule has 1 N–H and O–H groups in total. The fourth-order valence-corrected chi connectivity index (χ4v) is 3.15. The SMILES string of the molecule is CCCCCN(CCO)S(=O)(=O)C(F)(F)C(F)(F)C(F)(F)C(F)(F)F.